The molecule has 0 radical (unpaired) electrons. The van der Waals surface area contributed by atoms with Gasteiger partial charge in [-0.05, 0) is 12.1 Å². The number of anilines is 1. The molecular formula is C18H14F5N5O. The summed E-state index contributed by atoms with van der Waals surface area (Å²) in [5.74, 6) is -1.69. The first-order valence-corrected chi connectivity index (χ1v) is 8.25. The van der Waals surface area contributed by atoms with Crippen LogP contribution >= 0.6 is 0 Å². The van der Waals surface area contributed by atoms with Gasteiger partial charge in [0.1, 0.15) is 18.2 Å². The molecule has 0 N–H and O–H groups in total. The topological polar surface area (TPSA) is 63.9 Å². The summed E-state index contributed by atoms with van der Waals surface area (Å²) in [5.41, 5.74) is 0.165. The minimum Gasteiger partial charge on any atom is -0.335 e. The van der Waals surface area contributed by atoms with Crippen LogP contribution < -0.4 is 10.5 Å². The van der Waals surface area contributed by atoms with E-state index in [0.717, 1.165) is 15.6 Å². The number of alkyl halides is 3. The zero-order valence-corrected chi connectivity index (χ0v) is 15.0. The molecule has 2 aromatic heterocycles. The van der Waals surface area contributed by atoms with Crippen molar-refractivity contribution in [3.63, 3.8) is 0 Å². The second-order valence-electron chi connectivity index (χ2n) is 6.19. The second kappa shape index (κ2) is 7.94. The maximum atomic E-state index is 13.8. The summed E-state index contributed by atoms with van der Waals surface area (Å²) >= 11 is 0. The van der Waals surface area contributed by atoms with Crippen molar-refractivity contribution in [3.05, 3.63) is 70.3 Å². The maximum absolute atomic E-state index is 13.8. The third-order valence-corrected chi connectivity index (χ3v) is 3.89. The first kappa shape index (κ1) is 20.4. The predicted octanol–water partition coefficient (Wildman–Crippen LogP) is 3.03. The Kier molecular flexibility index (Phi) is 5.57. The molecule has 0 aliphatic rings. The van der Waals surface area contributed by atoms with Gasteiger partial charge in [-0.15, -0.1) is 0 Å². The summed E-state index contributed by atoms with van der Waals surface area (Å²) in [7, 11) is 1.21. The lowest BCUT2D eigenvalue weighted by atomic mass is 10.2. The van der Waals surface area contributed by atoms with E-state index in [1.807, 2.05) is 0 Å². The van der Waals surface area contributed by atoms with Gasteiger partial charge in [0.25, 0.3) is 5.56 Å². The van der Waals surface area contributed by atoms with E-state index in [2.05, 4.69) is 15.1 Å². The molecule has 3 rings (SSSR count). The van der Waals surface area contributed by atoms with Crippen molar-refractivity contribution in [1.82, 2.24) is 19.7 Å². The van der Waals surface area contributed by atoms with E-state index in [4.69, 9.17) is 0 Å². The van der Waals surface area contributed by atoms with Gasteiger partial charge in [0, 0.05) is 42.7 Å². The van der Waals surface area contributed by atoms with Crippen molar-refractivity contribution >= 4 is 5.95 Å². The number of halogens is 5. The zero-order chi connectivity index (χ0) is 21.2. The van der Waals surface area contributed by atoms with Gasteiger partial charge < -0.3 is 4.90 Å². The van der Waals surface area contributed by atoms with Gasteiger partial charge >= 0.3 is 6.18 Å². The van der Waals surface area contributed by atoms with Crippen molar-refractivity contribution in [1.29, 1.82) is 0 Å². The van der Waals surface area contributed by atoms with Gasteiger partial charge in [-0.1, -0.05) is 6.07 Å². The standard InChI is InChI=1S/C18H14F5N5O/c1-27(10-18(21,22)23)17-24-7-12(8-25-17)15-4-5-16(29)28(26-15)9-11-2-3-13(19)6-14(11)20/h2-8H,9-10H2,1H3. The Morgan fingerprint density at radius 3 is 2.38 bits per heavy atom. The first-order valence-electron chi connectivity index (χ1n) is 8.25. The van der Waals surface area contributed by atoms with Crippen LogP contribution in [0, 0.1) is 11.6 Å². The molecule has 152 valence electrons. The van der Waals surface area contributed by atoms with E-state index in [1.54, 1.807) is 0 Å². The molecule has 0 amide bonds. The zero-order valence-electron chi connectivity index (χ0n) is 15.0. The normalized spacial score (nSPS) is 11.5. The highest BCUT2D eigenvalue weighted by Gasteiger charge is 2.30. The molecule has 0 spiro atoms. The summed E-state index contributed by atoms with van der Waals surface area (Å²) in [6, 6.07) is 5.57. The Hall–Kier alpha value is -3.37. The Morgan fingerprint density at radius 2 is 1.76 bits per heavy atom. The van der Waals surface area contributed by atoms with Crippen molar-refractivity contribution in [3.8, 4) is 11.3 Å². The molecule has 0 unspecified atom stereocenters. The summed E-state index contributed by atoms with van der Waals surface area (Å²) in [6.07, 6.45) is -1.86. The van der Waals surface area contributed by atoms with Gasteiger partial charge in [0.05, 0.1) is 12.2 Å². The number of rotatable bonds is 5. The third-order valence-electron chi connectivity index (χ3n) is 3.89. The summed E-state index contributed by atoms with van der Waals surface area (Å²) in [5, 5.41) is 4.11. The molecule has 6 nitrogen and oxygen atoms in total. The molecule has 29 heavy (non-hydrogen) atoms. The van der Waals surface area contributed by atoms with Gasteiger partial charge in [0.15, 0.2) is 0 Å². The average Bonchev–Trinajstić information content (AvgIpc) is 2.64. The summed E-state index contributed by atoms with van der Waals surface area (Å²) in [6.45, 7) is -1.44. The van der Waals surface area contributed by atoms with Crippen LogP contribution in [0.5, 0.6) is 0 Å². The van der Waals surface area contributed by atoms with Crippen LogP contribution in [0.1, 0.15) is 5.56 Å². The van der Waals surface area contributed by atoms with E-state index in [9.17, 15) is 26.7 Å². The largest absolute Gasteiger partial charge is 0.406 e. The second-order valence-corrected chi connectivity index (χ2v) is 6.19. The van der Waals surface area contributed by atoms with Crippen LogP contribution in [0.25, 0.3) is 11.3 Å². The lowest BCUT2D eigenvalue weighted by molar-refractivity contribution is -0.119. The van der Waals surface area contributed by atoms with Crippen LogP contribution in [0.3, 0.4) is 0 Å². The fourth-order valence-corrected chi connectivity index (χ4v) is 2.52. The van der Waals surface area contributed by atoms with Crippen LogP contribution in [-0.2, 0) is 6.54 Å². The van der Waals surface area contributed by atoms with Crippen molar-refractivity contribution in [2.24, 2.45) is 0 Å². The van der Waals surface area contributed by atoms with Crippen LogP contribution in [-0.4, -0.2) is 39.5 Å². The van der Waals surface area contributed by atoms with E-state index in [1.165, 1.54) is 37.6 Å². The first-order chi connectivity index (χ1) is 13.6. The maximum Gasteiger partial charge on any atom is 0.406 e. The van der Waals surface area contributed by atoms with E-state index in [0.29, 0.717) is 11.6 Å². The number of nitrogens with zero attached hydrogens (tertiary/aromatic N) is 5. The Morgan fingerprint density at radius 1 is 1.07 bits per heavy atom. The van der Waals surface area contributed by atoms with Crippen molar-refractivity contribution < 1.29 is 22.0 Å². The van der Waals surface area contributed by atoms with Gasteiger partial charge in [-0.3, -0.25) is 4.79 Å². The SMILES string of the molecule is CN(CC(F)(F)F)c1ncc(-c2ccc(=O)n(Cc3ccc(F)cc3F)n2)cn1. The highest BCUT2D eigenvalue weighted by Crippen LogP contribution is 2.20. The van der Waals surface area contributed by atoms with Gasteiger partial charge in [-0.25, -0.2) is 23.4 Å². The number of hydrogen-bond acceptors (Lipinski definition) is 5. The third kappa shape index (κ3) is 5.12. The predicted molar refractivity (Wildman–Crippen MR) is 94.3 cm³/mol. The molecule has 11 heteroatoms. The molecule has 3 aromatic rings. The highest BCUT2D eigenvalue weighted by molar-refractivity contribution is 5.56. The van der Waals surface area contributed by atoms with Gasteiger partial charge in [-0.2, -0.15) is 18.3 Å². The van der Waals surface area contributed by atoms with Crippen molar-refractivity contribution in [2.75, 3.05) is 18.5 Å². The molecule has 2 heterocycles. The molecule has 0 saturated carbocycles. The summed E-state index contributed by atoms with van der Waals surface area (Å²) in [4.78, 5) is 20.6. The molecule has 1 aromatic carbocycles. The Labute approximate surface area is 161 Å². The van der Waals surface area contributed by atoms with Crippen LogP contribution in [0.2, 0.25) is 0 Å². The fraction of sp³-hybridized carbons (Fsp3) is 0.222. The average molecular weight is 411 g/mol. The monoisotopic (exact) mass is 411 g/mol. The Bertz CT molecular complexity index is 1070. The minimum atomic E-state index is -4.40. The lowest BCUT2D eigenvalue weighted by Gasteiger charge is -2.18. The van der Waals surface area contributed by atoms with Crippen LogP contribution in [0.4, 0.5) is 27.9 Å². The van der Waals surface area contributed by atoms with E-state index < -0.39 is 29.9 Å². The molecular weight excluding hydrogens is 397 g/mol. The molecule has 0 saturated heterocycles. The fourth-order valence-electron chi connectivity index (χ4n) is 2.52. The molecule has 0 bridgehead atoms. The molecule has 0 aliphatic carbocycles. The minimum absolute atomic E-state index is 0.0681. The van der Waals surface area contributed by atoms with E-state index in [-0.39, 0.29) is 23.8 Å². The van der Waals surface area contributed by atoms with Crippen LogP contribution in [0.15, 0.2) is 47.5 Å². The summed E-state index contributed by atoms with van der Waals surface area (Å²) < 4.78 is 65.2. The van der Waals surface area contributed by atoms with Crippen molar-refractivity contribution in [2.45, 2.75) is 12.7 Å². The molecule has 0 atom stereocenters. The molecule has 0 aliphatic heterocycles. The van der Waals surface area contributed by atoms with E-state index >= 15 is 0 Å². The lowest BCUT2D eigenvalue weighted by Crippen LogP contribution is -2.32. The Balaban J connectivity index is 1.84. The number of aromatic nitrogens is 4. The number of benzene rings is 1. The smallest absolute Gasteiger partial charge is 0.335 e. The highest BCUT2D eigenvalue weighted by atomic mass is 19.4. The quantitative estimate of drug-likeness (QED) is 0.604. The number of hydrogen-bond donors (Lipinski definition) is 0. The molecule has 0 fully saturated rings. The van der Waals surface area contributed by atoms with Gasteiger partial charge in [0.2, 0.25) is 5.95 Å².